The van der Waals surface area contributed by atoms with Crippen molar-refractivity contribution in [2.24, 2.45) is 11.8 Å². The molecule has 1 amide bonds. The van der Waals surface area contributed by atoms with Gasteiger partial charge in [0.25, 0.3) is 0 Å². The summed E-state index contributed by atoms with van der Waals surface area (Å²) in [5, 5.41) is 9.27. The molecule has 0 aromatic carbocycles. The molecule has 3 N–H and O–H groups in total. The lowest BCUT2D eigenvalue weighted by molar-refractivity contribution is -0.147. The maximum absolute atomic E-state index is 12.2. The maximum atomic E-state index is 12.2. The van der Waals surface area contributed by atoms with E-state index in [1.165, 1.54) is 0 Å². The number of amides is 1. The highest BCUT2D eigenvalue weighted by molar-refractivity contribution is 5.84. The first-order valence-corrected chi connectivity index (χ1v) is 9.17. The Balaban J connectivity index is 0. The fraction of sp³-hybridized carbons (Fsp3) is 0.684. The van der Waals surface area contributed by atoms with Gasteiger partial charge in [-0.3, -0.25) is 20.4 Å². The lowest BCUT2D eigenvalue weighted by Crippen LogP contribution is -2.43. The van der Waals surface area contributed by atoms with E-state index in [9.17, 15) is 14.7 Å². The van der Waals surface area contributed by atoms with Crippen LogP contribution < -0.4 is 10.9 Å². The number of aliphatic carboxylic acids is 1. The second kappa shape index (κ2) is 16.1. The molecule has 140 valence electrons. The minimum atomic E-state index is -0.869. The Morgan fingerprint density at radius 1 is 0.917 bits per heavy atom. The third-order valence-electron chi connectivity index (χ3n) is 3.66. The van der Waals surface area contributed by atoms with E-state index in [0.29, 0.717) is 12.8 Å². The summed E-state index contributed by atoms with van der Waals surface area (Å²) in [7, 11) is 0. The van der Waals surface area contributed by atoms with Crippen LogP contribution in [0.4, 0.5) is 0 Å². The molecule has 0 saturated heterocycles. The first kappa shape index (κ1) is 24.5. The van der Waals surface area contributed by atoms with E-state index in [2.05, 4.69) is 10.9 Å². The van der Waals surface area contributed by atoms with Crippen LogP contribution in [0.2, 0.25) is 0 Å². The molecule has 0 aliphatic heterocycles. The zero-order chi connectivity index (χ0) is 19.0. The molecule has 5 nitrogen and oxygen atoms in total. The van der Waals surface area contributed by atoms with Crippen LogP contribution in [0, 0.1) is 11.8 Å². The van der Waals surface area contributed by atoms with Crippen molar-refractivity contribution in [2.75, 3.05) is 0 Å². The van der Waals surface area contributed by atoms with Gasteiger partial charge in [0.15, 0.2) is 0 Å². The Morgan fingerprint density at radius 3 is 1.92 bits per heavy atom. The van der Waals surface area contributed by atoms with Crippen molar-refractivity contribution in [2.45, 2.75) is 73.6 Å². The van der Waals surface area contributed by atoms with Gasteiger partial charge in [0, 0.05) is 5.70 Å². The second-order valence-electron chi connectivity index (χ2n) is 5.05. The summed E-state index contributed by atoms with van der Waals surface area (Å²) < 4.78 is 0. The van der Waals surface area contributed by atoms with Crippen LogP contribution in [-0.4, -0.2) is 17.0 Å². The highest BCUT2D eigenvalue weighted by atomic mass is 16.4. The smallest absolute Gasteiger partial charge is 0.307 e. The van der Waals surface area contributed by atoms with Crippen molar-refractivity contribution in [1.29, 1.82) is 0 Å². The fourth-order valence-corrected chi connectivity index (χ4v) is 2.53. The van der Waals surface area contributed by atoms with E-state index in [4.69, 9.17) is 0 Å². The molecule has 0 bridgehead atoms. The van der Waals surface area contributed by atoms with E-state index in [1.807, 2.05) is 59.8 Å². The van der Waals surface area contributed by atoms with E-state index in [1.54, 1.807) is 0 Å². The van der Waals surface area contributed by atoms with Gasteiger partial charge in [0.05, 0.1) is 11.8 Å². The molecule has 0 spiro atoms. The third kappa shape index (κ3) is 9.38. The van der Waals surface area contributed by atoms with Gasteiger partial charge in [-0.25, -0.2) is 0 Å². The minimum absolute atomic E-state index is 0.233. The van der Waals surface area contributed by atoms with Gasteiger partial charge in [-0.15, -0.1) is 0 Å². The van der Waals surface area contributed by atoms with Crippen molar-refractivity contribution in [3.63, 3.8) is 0 Å². The standard InChI is InChI=1S/C15H24N2O3.2C2H6/c1-3-8-11(4-2)16-17-14(18)12-9-6-5-7-10-13(12)15(19)20;2*1-2/h3-4,8,12-13,16H,5-7,9-10H2,1-2H3,(H,17,18)(H,19,20);2*1-2H3/b8-3-,11-4+;;. The molecule has 2 unspecified atom stereocenters. The number of hydrogen-bond donors (Lipinski definition) is 3. The Morgan fingerprint density at radius 2 is 1.46 bits per heavy atom. The van der Waals surface area contributed by atoms with E-state index in [-0.39, 0.29) is 5.91 Å². The number of carbonyl (C=O) groups is 2. The van der Waals surface area contributed by atoms with Crippen LogP contribution in [0.15, 0.2) is 23.9 Å². The van der Waals surface area contributed by atoms with E-state index >= 15 is 0 Å². The van der Waals surface area contributed by atoms with Crippen LogP contribution in [0.1, 0.15) is 73.6 Å². The number of carboxylic acid groups (broad SMARTS) is 1. The van der Waals surface area contributed by atoms with Gasteiger partial charge in [0.1, 0.15) is 0 Å². The topological polar surface area (TPSA) is 78.4 Å². The molecule has 0 heterocycles. The third-order valence-corrected chi connectivity index (χ3v) is 3.66. The number of hydrazine groups is 1. The number of rotatable bonds is 5. The summed E-state index contributed by atoms with van der Waals surface area (Å²) in [5.41, 5.74) is 6.24. The Kier molecular flexibility index (Phi) is 16.4. The van der Waals surface area contributed by atoms with E-state index < -0.39 is 17.8 Å². The molecule has 5 heteroatoms. The SMILES string of the molecule is C/C=C\C(=C/C)NNC(=O)C1CCCCCC1C(=O)O.CC.CC. The molecule has 1 aliphatic carbocycles. The monoisotopic (exact) mass is 340 g/mol. The van der Waals surface area contributed by atoms with Gasteiger partial charge in [-0.05, 0) is 32.8 Å². The summed E-state index contributed by atoms with van der Waals surface area (Å²) in [4.78, 5) is 23.5. The molecule has 2 atom stereocenters. The summed E-state index contributed by atoms with van der Waals surface area (Å²) in [5.74, 6) is -2.13. The highest BCUT2D eigenvalue weighted by Gasteiger charge is 2.34. The van der Waals surface area contributed by atoms with Gasteiger partial charge >= 0.3 is 5.97 Å². The quantitative estimate of drug-likeness (QED) is 0.393. The zero-order valence-corrected chi connectivity index (χ0v) is 16.2. The second-order valence-corrected chi connectivity index (χ2v) is 5.05. The zero-order valence-electron chi connectivity index (χ0n) is 16.2. The Bertz CT molecular complexity index is 403. The van der Waals surface area contributed by atoms with Gasteiger partial charge < -0.3 is 5.11 Å². The Labute approximate surface area is 147 Å². The number of carbonyl (C=O) groups excluding carboxylic acids is 1. The molecule has 1 fully saturated rings. The van der Waals surface area contributed by atoms with Crippen molar-refractivity contribution < 1.29 is 14.7 Å². The first-order valence-electron chi connectivity index (χ1n) is 9.17. The molecular formula is C19H36N2O3. The molecule has 0 aromatic rings. The lowest BCUT2D eigenvalue weighted by Gasteiger charge is -2.21. The fourth-order valence-electron chi connectivity index (χ4n) is 2.53. The predicted molar refractivity (Wildman–Crippen MR) is 100 cm³/mol. The molecule has 1 aliphatic rings. The van der Waals surface area contributed by atoms with Crippen molar-refractivity contribution >= 4 is 11.9 Å². The van der Waals surface area contributed by atoms with Crippen molar-refractivity contribution in [3.8, 4) is 0 Å². The van der Waals surface area contributed by atoms with Gasteiger partial charge in [0.2, 0.25) is 5.91 Å². The summed E-state index contributed by atoms with van der Waals surface area (Å²) in [6.45, 7) is 11.7. The van der Waals surface area contributed by atoms with E-state index in [0.717, 1.165) is 25.0 Å². The molecule has 0 radical (unpaired) electrons. The first-order chi connectivity index (χ1) is 11.6. The highest BCUT2D eigenvalue weighted by Crippen LogP contribution is 2.29. The Hall–Kier alpha value is -1.78. The van der Waals surface area contributed by atoms with Crippen LogP contribution in [-0.2, 0) is 9.59 Å². The molecular weight excluding hydrogens is 304 g/mol. The van der Waals surface area contributed by atoms with Crippen molar-refractivity contribution in [3.05, 3.63) is 23.9 Å². The number of carboxylic acids is 1. The van der Waals surface area contributed by atoms with Crippen LogP contribution >= 0.6 is 0 Å². The van der Waals surface area contributed by atoms with Crippen molar-refractivity contribution in [1.82, 2.24) is 10.9 Å². The van der Waals surface area contributed by atoms with Crippen LogP contribution in [0.3, 0.4) is 0 Å². The maximum Gasteiger partial charge on any atom is 0.307 e. The normalized spacial score (nSPS) is 20.7. The summed E-state index contributed by atoms with van der Waals surface area (Å²) in [6.07, 6.45) is 9.54. The van der Waals surface area contributed by atoms with Gasteiger partial charge in [-0.2, -0.15) is 0 Å². The average molecular weight is 341 g/mol. The summed E-state index contributed by atoms with van der Waals surface area (Å²) in [6, 6.07) is 0. The number of hydrogen-bond acceptors (Lipinski definition) is 3. The number of allylic oxidation sites excluding steroid dienone is 3. The molecule has 1 rings (SSSR count). The van der Waals surface area contributed by atoms with Gasteiger partial charge in [-0.1, -0.05) is 59.1 Å². The largest absolute Gasteiger partial charge is 0.481 e. The van der Waals surface area contributed by atoms with Crippen LogP contribution in [0.5, 0.6) is 0 Å². The molecule has 0 aromatic heterocycles. The average Bonchev–Trinajstić information content (AvgIpc) is 2.88. The molecule has 24 heavy (non-hydrogen) atoms. The number of nitrogens with one attached hydrogen (secondary N) is 2. The minimum Gasteiger partial charge on any atom is -0.481 e. The predicted octanol–water partition coefficient (Wildman–Crippen LogP) is 4.42. The lowest BCUT2D eigenvalue weighted by atomic mass is 9.87. The summed E-state index contributed by atoms with van der Waals surface area (Å²) >= 11 is 0. The van der Waals surface area contributed by atoms with Crippen LogP contribution in [0.25, 0.3) is 0 Å². The molecule has 1 saturated carbocycles.